The number of anilines is 1. The fourth-order valence-electron chi connectivity index (χ4n) is 4.65. The van der Waals surface area contributed by atoms with Crippen molar-refractivity contribution >= 4 is 12.0 Å². The summed E-state index contributed by atoms with van der Waals surface area (Å²) in [6, 6.07) is 2.76. The second-order valence-corrected chi connectivity index (χ2v) is 10.5. The molecular formula is C26H32F2N6O3. The van der Waals surface area contributed by atoms with Crippen molar-refractivity contribution in [2.24, 2.45) is 5.92 Å². The van der Waals surface area contributed by atoms with Crippen molar-refractivity contribution in [2.75, 3.05) is 37.7 Å². The van der Waals surface area contributed by atoms with Crippen LogP contribution in [-0.4, -0.2) is 65.4 Å². The summed E-state index contributed by atoms with van der Waals surface area (Å²) < 4.78 is 39.9. The van der Waals surface area contributed by atoms with E-state index in [1.807, 2.05) is 4.90 Å². The highest BCUT2D eigenvalue weighted by molar-refractivity contribution is 5.68. The molecule has 2 fully saturated rings. The number of carbonyl (C=O) groups excluding carboxylic acids is 1. The van der Waals surface area contributed by atoms with Gasteiger partial charge in [-0.05, 0) is 63.3 Å². The Morgan fingerprint density at radius 1 is 1.19 bits per heavy atom. The molecule has 0 unspecified atom stereocenters. The number of aromatic nitrogens is 2. The number of hydrogen-bond donors (Lipinski definition) is 1. The predicted octanol–water partition coefficient (Wildman–Crippen LogP) is 3.82. The molecule has 0 aliphatic carbocycles. The van der Waals surface area contributed by atoms with Crippen LogP contribution in [0.15, 0.2) is 30.6 Å². The van der Waals surface area contributed by atoms with Crippen molar-refractivity contribution in [1.82, 2.24) is 20.2 Å². The fraction of sp³-hybridized carbons (Fsp3) is 0.538. The minimum Gasteiger partial charge on any atom is -0.490 e. The van der Waals surface area contributed by atoms with E-state index in [1.165, 1.54) is 0 Å². The number of carbonyl (C=O) groups is 1. The van der Waals surface area contributed by atoms with E-state index in [2.05, 4.69) is 21.5 Å². The topological polar surface area (TPSA) is 104 Å². The summed E-state index contributed by atoms with van der Waals surface area (Å²) in [4.78, 5) is 24.9. The van der Waals surface area contributed by atoms with Crippen LogP contribution in [0.2, 0.25) is 0 Å². The Morgan fingerprint density at radius 3 is 2.54 bits per heavy atom. The van der Waals surface area contributed by atoms with Crippen LogP contribution in [0.3, 0.4) is 0 Å². The quantitative estimate of drug-likeness (QED) is 0.581. The Labute approximate surface area is 215 Å². The zero-order valence-corrected chi connectivity index (χ0v) is 21.3. The fourth-order valence-corrected chi connectivity index (χ4v) is 4.65. The summed E-state index contributed by atoms with van der Waals surface area (Å²) in [7, 11) is 0. The SMILES string of the molecule is CC(C)(C)OC(=O)N[C@H]1CN(c2ncc(OCC3CCN(C#N)CC3)cn2)C[C@@H]1c1cc(F)ccc1F. The predicted molar refractivity (Wildman–Crippen MR) is 132 cm³/mol. The molecule has 2 aliphatic rings. The van der Waals surface area contributed by atoms with Crippen LogP contribution in [-0.2, 0) is 4.74 Å². The molecule has 4 rings (SSSR count). The lowest BCUT2D eigenvalue weighted by atomic mass is 9.94. The number of benzene rings is 1. The second kappa shape index (κ2) is 11.2. The van der Waals surface area contributed by atoms with E-state index in [9.17, 15) is 13.6 Å². The second-order valence-electron chi connectivity index (χ2n) is 10.5. The van der Waals surface area contributed by atoms with E-state index in [4.69, 9.17) is 14.7 Å². The summed E-state index contributed by atoms with van der Waals surface area (Å²) >= 11 is 0. The third kappa shape index (κ3) is 6.96. The molecular weight excluding hydrogens is 482 g/mol. The van der Waals surface area contributed by atoms with Crippen LogP contribution in [0.4, 0.5) is 19.5 Å². The number of likely N-dealkylation sites (tertiary alicyclic amines) is 1. The van der Waals surface area contributed by atoms with Crippen molar-refractivity contribution < 1.29 is 23.0 Å². The smallest absolute Gasteiger partial charge is 0.407 e. The number of nitriles is 1. The van der Waals surface area contributed by atoms with Gasteiger partial charge in [0.2, 0.25) is 5.95 Å². The van der Waals surface area contributed by atoms with Crippen LogP contribution in [0.25, 0.3) is 0 Å². The summed E-state index contributed by atoms with van der Waals surface area (Å²) in [6.07, 6.45) is 6.49. The highest BCUT2D eigenvalue weighted by atomic mass is 19.1. The van der Waals surface area contributed by atoms with Gasteiger partial charge >= 0.3 is 6.09 Å². The van der Waals surface area contributed by atoms with Gasteiger partial charge in [0.15, 0.2) is 11.9 Å². The first kappa shape index (κ1) is 26.4. The number of piperidine rings is 1. The lowest BCUT2D eigenvalue weighted by Gasteiger charge is -2.27. The first-order chi connectivity index (χ1) is 17.6. The van der Waals surface area contributed by atoms with Gasteiger partial charge in [-0.3, -0.25) is 0 Å². The minimum atomic E-state index is -0.701. The molecule has 2 atom stereocenters. The zero-order chi connectivity index (χ0) is 26.6. The van der Waals surface area contributed by atoms with Crippen LogP contribution in [0.1, 0.15) is 45.1 Å². The van der Waals surface area contributed by atoms with Crippen molar-refractivity contribution in [3.63, 3.8) is 0 Å². The highest BCUT2D eigenvalue weighted by Gasteiger charge is 2.38. The first-order valence-electron chi connectivity index (χ1n) is 12.4. The standard InChI is InChI=1S/C26H32F2N6O3/c1-26(2,3)37-25(35)32-23-14-34(13-21(23)20-10-18(27)4-5-22(20)28)24-30-11-19(12-31-24)36-15-17-6-8-33(16-29)9-7-17/h4-5,10-12,17,21,23H,6-9,13-15H2,1-3H3,(H,32,35)/t21-,23+/m1/s1. The van der Waals surface area contributed by atoms with Gasteiger partial charge in [-0.2, -0.15) is 5.26 Å². The molecule has 2 aromatic rings. The van der Waals surface area contributed by atoms with Gasteiger partial charge < -0.3 is 24.6 Å². The van der Waals surface area contributed by atoms with Crippen molar-refractivity contribution in [3.05, 3.63) is 47.8 Å². The number of alkyl carbamates (subject to hydrolysis) is 1. The lowest BCUT2D eigenvalue weighted by molar-refractivity contribution is 0.0504. The largest absolute Gasteiger partial charge is 0.490 e. The Bertz CT molecular complexity index is 1130. The molecule has 3 heterocycles. The van der Waals surface area contributed by atoms with Gasteiger partial charge in [0.1, 0.15) is 17.2 Å². The lowest BCUT2D eigenvalue weighted by Crippen LogP contribution is -2.43. The number of rotatable bonds is 6. The molecule has 9 nitrogen and oxygen atoms in total. The van der Waals surface area contributed by atoms with E-state index in [-0.39, 0.29) is 18.7 Å². The first-order valence-corrected chi connectivity index (χ1v) is 12.4. The number of nitrogens with zero attached hydrogens (tertiary/aromatic N) is 5. The van der Waals surface area contributed by atoms with E-state index in [1.54, 1.807) is 38.1 Å². The number of nitrogens with one attached hydrogen (secondary N) is 1. The van der Waals surface area contributed by atoms with Crippen LogP contribution >= 0.6 is 0 Å². The van der Waals surface area contributed by atoms with Crippen molar-refractivity contribution in [3.8, 4) is 11.9 Å². The summed E-state index contributed by atoms with van der Waals surface area (Å²) in [5.41, 5.74) is -0.529. The molecule has 2 saturated heterocycles. The average molecular weight is 515 g/mol. The molecule has 1 aromatic carbocycles. The maximum absolute atomic E-state index is 14.7. The van der Waals surface area contributed by atoms with Gasteiger partial charge in [0.05, 0.1) is 25.0 Å². The highest BCUT2D eigenvalue weighted by Crippen LogP contribution is 2.32. The number of hydrogen-bond acceptors (Lipinski definition) is 8. The maximum atomic E-state index is 14.7. The van der Waals surface area contributed by atoms with E-state index < -0.39 is 35.3 Å². The molecule has 198 valence electrons. The van der Waals surface area contributed by atoms with Gasteiger partial charge in [-0.25, -0.2) is 23.5 Å². The normalized spacial score (nSPS) is 20.4. The van der Waals surface area contributed by atoms with Crippen LogP contribution in [0, 0.1) is 29.0 Å². The molecule has 1 N–H and O–H groups in total. The molecule has 0 bridgehead atoms. The van der Waals surface area contributed by atoms with Crippen LogP contribution < -0.4 is 15.0 Å². The van der Waals surface area contributed by atoms with Gasteiger partial charge in [-0.15, -0.1) is 0 Å². The molecule has 37 heavy (non-hydrogen) atoms. The molecule has 0 spiro atoms. The van der Waals surface area contributed by atoms with Gasteiger partial charge in [-0.1, -0.05) is 0 Å². The summed E-state index contributed by atoms with van der Waals surface area (Å²) in [6.45, 7) is 7.82. The molecule has 11 heteroatoms. The monoisotopic (exact) mass is 514 g/mol. The van der Waals surface area contributed by atoms with E-state index in [0.717, 1.165) is 44.1 Å². The molecule has 1 aromatic heterocycles. The van der Waals surface area contributed by atoms with Crippen molar-refractivity contribution in [1.29, 1.82) is 5.26 Å². The zero-order valence-electron chi connectivity index (χ0n) is 21.3. The average Bonchev–Trinajstić information content (AvgIpc) is 3.27. The Morgan fingerprint density at radius 2 is 1.89 bits per heavy atom. The van der Waals surface area contributed by atoms with E-state index in [0.29, 0.717) is 24.2 Å². The van der Waals surface area contributed by atoms with E-state index >= 15 is 0 Å². The third-order valence-electron chi connectivity index (χ3n) is 6.52. The maximum Gasteiger partial charge on any atom is 0.407 e. The molecule has 1 amide bonds. The van der Waals surface area contributed by atoms with Crippen LogP contribution in [0.5, 0.6) is 5.75 Å². The third-order valence-corrected chi connectivity index (χ3v) is 6.52. The number of halogens is 2. The summed E-state index contributed by atoms with van der Waals surface area (Å²) in [5, 5.41) is 11.8. The summed E-state index contributed by atoms with van der Waals surface area (Å²) in [5.74, 6) is -0.352. The Hall–Kier alpha value is -3.68. The number of amides is 1. The minimum absolute atomic E-state index is 0.172. The molecule has 0 radical (unpaired) electrons. The van der Waals surface area contributed by atoms with Gasteiger partial charge in [0, 0.05) is 32.1 Å². The molecule has 0 saturated carbocycles. The number of ether oxygens (including phenoxy) is 2. The van der Waals surface area contributed by atoms with Gasteiger partial charge in [0.25, 0.3) is 0 Å². The Kier molecular flexibility index (Phi) is 7.95. The molecule has 2 aliphatic heterocycles. The van der Waals surface area contributed by atoms with Crippen molar-refractivity contribution in [2.45, 2.75) is 51.2 Å². The Balaban J connectivity index is 1.43.